The van der Waals surface area contributed by atoms with Crippen LogP contribution in [-0.2, 0) is 9.53 Å². The van der Waals surface area contributed by atoms with E-state index >= 15 is 0 Å². The molecule has 1 saturated heterocycles. The van der Waals surface area contributed by atoms with E-state index in [1.54, 1.807) is 0 Å². The van der Waals surface area contributed by atoms with Gasteiger partial charge in [-0.1, -0.05) is 12.8 Å². The number of carbonyl (C=O) groups excluding carboxylic acids is 1. The Morgan fingerprint density at radius 1 is 1.33 bits per heavy atom. The highest BCUT2D eigenvalue weighted by Crippen LogP contribution is 2.23. The number of hydrogen-bond acceptors (Lipinski definition) is 2. The van der Waals surface area contributed by atoms with Crippen molar-refractivity contribution in [1.82, 2.24) is 5.32 Å². The maximum absolute atomic E-state index is 11.8. The molecule has 0 aromatic carbocycles. The largest absolute Gasteiger partial charge is 0.381 e. The summed E-state index contributed by atoms with van der Waals surface area (Å²) in [5.41, 5.74) is 0. The lowest BCUT2D eigenvalue weighted by molar-refractivity contribution is -0.122. The molecule has 2 atom stereocenters. The lowest BCUT2D eigenvalue weighted by Crippen LogP contribution is -2.41. The number of carbonyl (C=O) groups is 1. The third-order valence-electron chi connectivity index (χ3n) is 3.33. The number of rotatable bonds is 3. The molecule has 0 spiro atoms. The van der Waals surface area contributed by atoms with Gasteiger partial charge in [0, 0.05) is 18.6 Å². The maximum Gasteiger partial charge on any atom is 0.238 e. The molecule has 1 N–H and O–H groups in total. The summed E-state index contributed by atoms with van der Waals surface area (Å²) in [6.45, 7) is 1.37. The van der Waals surface area contributed by atoms with Crippen LogP contribution in [0.15, 0.2) is 0 Å². The summed E-state index contributed by atoms with van der Waals surface area (Å²) in [7, 11) is 0. The second-order valence-electron chi connectivity index (χ2n) is 4.52. The van der Waals surface area contributed by atoms with Crippen molar-refractivity contribution in [2.24, 2.45) is 5.92 Å². The zero-order chi connectivity index (χ0) is 10.7. The first-order chi connectivity index (χ1) is 7.27. The highest BCUT2D eigenvalue weighted by atomic mass is 35.5. The first-order valence-corrected chi connectivity index (χ1v) is 6.23. The molecule has 0 radical (unpaired) electrons. The molecule has 2 fully saturated rings. The fourth-order valence-corrected chi connectivity index (χ4v) is 2.61. The fraction of sp³-hybridized carbons (Fsp3) is 0.909. The zero-order valence-corrected chi connectivity index (χ0v) is 9.63. The molecule has 1 heterocycles. The quantitative estimate of drug-likeness (QED) is 0.751. The van der Waals surface area contributed by atoms with E-state index in [0.29, 0.717) is 12.6 Å². The van der Waals surface area contributed by atoms with Gasteiger partial charge >= 0.3 is 0 Å². The molecule has 1 amide bonds. The van der Waals surface area contributed by atoms with Crippen LogP contribution in [0, 0.1) is 5.92 Å². The van der Waals surface area contributed by atoms with Crippen LogP contribution in [0.4, 0.5) is 0 Å². The predicted octanol–water partition coefficient (Wildman–Crippen LogP) is 1.69. The van der Waals surface area contributed by atoms with Gasteiger partial charge in [0.25, 0.3) is 0 Å². The number of nitrogens with one attached hydrogen (secondary N) is 1. The van der Waals surface area contributed by atoms with Crippen LogP contribution in [0.1, 0.15) is 32.1 Å². The van der Waals surface area contributed by atoms with E-state index in [1.807, 2.05) is 0 Å². The summed E-state index contributed by atoms with van der Waals surface area (Å²) in [6, 6.07) is 0.362. The summed E-state index contributed by atoms with van der Waals surface area (Å²) >= 11 is 6.12. The lowest BCUT2D eigenvalue weighted by Gasteiger charge is -2.18. The summed E-state index contributed by atoms with van der Waals surface area (Å²) in [4.78, 5) is 11.8. The second-order valence-corrected chi connectivity index (χ2v) is 4.99. The summed E-state index contributed by atoms with van der Waals surface area (Å²) in [5, 5.41) is 2.62. The molecule has 1 aliphatic heterocycles. The van der Waals surface area contributed by atoms with Crippen molar-refractivity contribution < 1.29 is 9.53 Å². The average Bonchev–Trinajstić information content (AvgIpc) is 2.88. The van der Waals surface area contributed by atoms with Crippen molar-refractivity contribution in [3.63, 3.8) is 0 Å². The molecule has 86 valence electrons. The number of halogens is 1. The van der Waals surface area contributed by atoms with Gasteiger partial charge in [0.15, 0.2) is 0 Å². The molecular formula is C11H18ClNO2. The molecule has 0 aromatic heterocycles. The van der Waals surface area contributed by atoms with Crippen molar-refractivity contribution in [3.05, 3.63) is 0 Å². The van der Waals surface area contributed by atoms with Crippen LogP contribution in [-0.4, -0.2) is 30.5 Å². The van der Waals surface area contributed by atoms with E-state index in [1.165, 1.54) is 12.8 Å². The van der Waals surface area contributed by atoms with Crippen molar-refractivity contribution in [2.75, 3.05) is 13.2 Å². The Morgan fingerprint density at radius 3 is 2.67 bits per heavy atom. The van der Waals surface area contributed by atoms with Crippen LogP contribution < -0.4 is 5.32 Å². The molecule has 4 heteroatoms. The Balaban J connectivity index is 1.78. The van der Waals surface area contributed by atoms with Gasteiger partial charge in [-0.2, -0.15) is 0 Å². The van der Waals surface area contributed by atoms with Crippen molar-refractivity contribution >= 4 is 17.5 Å². The molecule has 1 saturated carbocycles. The zero-order valence-electron chi connectivity index (χ0n) is 8.88. The Bertz CT molecular complexity index is 223. The van der Waals surface area contributed by atoms with Gasteiger partial charge in [-0.3, -0.25) is 4.79 Å². The van der Waals surface area contributed by atoms with E-state index in [0.717, 1.165) is 25.9 Å². The minimum atomic E-state index is -0.409. The van der Waals surface area contributed by atoms with Gasteiger partial charge < -0.3 is 10.1 Å². The van der Waals surface area contributed by atoms with E-state index in [9.17, 15) is 4.79 Å². The van der Waals surface area contributed by atoms with Crippen LogP contribution >= 0.6 is 11.6 Å². The van der Waals surface area contributed by atoms with Crippen molar-refractivity contribution in [2.45, 2.75) is 43.5 Å². The Kier molecular flexibility index (Phi) is 3.87. The van der Waals surface area contributed by atoms with Crippen LogP contribution in [0.3, 0.4) is 0 Å². The molecule has 2 rings (SSSR count). The highest BCUT2D eigenvalue weighted by molar-refractivity contribution is 6.31. The summed E-state index contributed by atoms with van der Waals surface area (Å²) in [6.07, 6.45) is 5.58. The van der Waals surface area contributed by atoms with Gasteiger partial charge in [0.2, 0.25) is 5.91 Å². The molecule has 0 bridgehead atoms. The first kappa shape index (κ1) is 11.2. The normalized spacial score (nSPS) is 29.3. The number of hydrogen-bond donors (Lipinski definition) is 1. The minimum absolute atomic E-state index is 0.000864. The molecule has 2 aliphatic rings. The summed E-state index contributed by atoms with van der Waals surface area (Å²) in [5.74, 6) is 0.201. The SMILES string of the molecule is O=C(NC1CCCC1)C(Cl)C1CCOC1. The molecule has 0 aromatic rings. The van der Waals surface area contributed by atoms with Crippen molar-refractivity contribution in [1.29, 1.82) is 0 Å². The second kappa shape index (κ2) is 5.17. The molecule has 15 heavy (non-hydrogen) atoms. The van der Waals surface area contributed by atoms with Crippen LogP contribution in [0.25, 0.3) is 0 Å². The van der Waals surface area contributed by atoms with Crippen molar-refractivity contribution in [3.8, 4) is 0 Å². The fourth-order valence-electron chi connectivity index (χ4n) is 2.35. The Morgan fingerprint density at radius 2 is 2.07 bits per heavy atom. The average molecular weight is 232 g/mol. The van der Waals surface area contributed by atoms with Gasteiger partial charge in [-0.25, -0.2) is 0 Å². The minimum Gasteiger partial charge on any atom is -0.381 e. The Hall–Kier alpha value is -0.280. The van der Waals surface area contributed by atoms with E-state index < -0.39 is 5.38 Å². The third kappa shape index (κ3) is 2.85. The third-order valence-corrected chi connectivity index (χ3v) is 3.89. The first-order valence-electron chi connectivity index (χ1n) is 5.79. The summed E-state index contributed by atoms with van der Waals surface area (Å²) < 4.78 is 5.23. The Labute approximate surface area is 95.5 Å². The van der Waals surface area contributed by atoms with Gasteiger partial charge in [-0.05, 0) is 19.3 Å². The van der Waals surface area contributed by atoms with Crippen LogP contribution in [0.5, 0.6) is 0 Å². The van der Waals surface area contributed by atoms with E-state index in [2.05, 4.69) is 5.32 Å². The van der Waals surface area contributed by atoms with Gasteiger partial charge in [0.05, 0.1) is 6.61 Å². The lowest BCUT2D eigenvalue weighted by atomic mass is 10.0. The molecule has 3 nitrogen and oxygen atoms in total. The van der Waals surface area contributed by atoms with Gasteiger partial charge in [0.1, 0.15) is 5.38 Å². The predicted molar refractivity (Wildman–Crippen MR) is 59.0 cm³/mol. The topological polar surface area (TPSA) is 38.3 Å². The molecule has 2 unspecified atom stereocenters. The van der Waals surface area contributed by atoms with E-state index in [-0.39, 0.29) is 11.8 Å². The highest BCUT2D eigenvalue weighted by Gasteiger charge is 2.31. The van der Waals surface area contributed by atoms with E-state index in [4.69, 9.17) is 16.3 Å². The van der Waals surface area contributed by atoms with Crippen LogP contribution in [0.2, 0.25) is 0 Å². The molecular weight excluding hydrogens is 214 g/mol. The molecule has 1 aliphatic carbocycles. The number of amides is 1. The number of alkyl halides is 1. The maximum atomic E-state index is 11.8. The smallest absolute Gasteiger partial charge is 0.238 e. The van der Waals surface area contributed by atoms with Gasteiger partial charge in [-0.15, -0.1) is 11.6 Å². The standard InChI is InChI=1S/C11H18ClNO2/c12-10(8-5-6-15-7-8)11(14)13-9-3-1-2-4-9/h8-10H,1-7H2,(H,13,14). The monoisotopic (exact) mass is 231 g/mol. The number of ether oxygens (including phenoxy) is 1.